The monoisotopic (exact) mass is 306 g/mol. The van der Waals surface area contributed by atoms with Crippen LogP contribution >= 0.6 is 0 Å². The largest absolute Gasteiger partial charge is 0.404 e. The van der Waals surface area contributed by atoms with Gasteiger partial charge >= 0.3 is 0 Å². The number of fused-ring (bicyclic) bond motifs is 1. The third kappa shape index (κ3) is 2.85. The van der Waals surface area contributed by atoms with Crippen molar-refractivity contribution in [1.82, 2.24) is 15.0 Å². The number of pyridine rings is 1. The molecule has 0 spiro atoms. The van der Waals surface area contributed by atoms with Crippen LogP contribution in [-0.4, -0.2) is 26.4 Å². The molecular formula is C16H14N6O. The molecule has 7 nitrogen and oxygen atoms in total. The van der Waals surface area contributed by atoms with E-state index in [-0.39, 0.29) is 0 Å². The number of anilines is 1. The van der Waals surface area contributed by atoms with Crippen LogP contribution in [0.4, 0.5) is 5.69 Å². The van der Waals surface area contributed by atoms with Crippen molar-refractivity contribution in [2.75, 3.05) is 5.48 Å². The third-order valence-electron chi connectivity index (χ3n) is 3.37. The zero-order chi connectivity index (χ0) is 16.2. The summed E-state index contributed by atoms with van der Waals surface area (Å²) in [5.74, 6) is 0. The fourth-order valence-electron chi connectivity index (χ4n) is 2.20. The van der Waals surface area contributed by atoms with Gasteiger partial charge in [0.2, 0.25) is 0 Å². The summed E-state index contributed by atoms with van der Waals surface area (Å²) in [7, 11) is 0. The molecule has 3 rings (SSSR count). The highest BCUT2D eigenvalue weighted by Gasteiger charge is 2.06. The van der Waals surface area contributed by atoms with Crippen molar-refractivity contribution in [1.29, 1.82) is 5.41 Å². The van der Waals surface area contributed by atoms with E-state index in [4.69, 9.17) is 16.4 Å². The summed E-state index contributed by atoms with van der Waals surface area (Å²) in [5.41, 5.74) is 12.3. The minimum atomic E-state index is 0.498. The molecule has 0 bridgehead atoms. The van der Waals surface area contributed by atoms with Gasteiger partial charge in [0.25, 0.3) is 0 Å². The first-order chi connectivity index (χ1) is 11.2. The molecule has 0 radical (unpaired) electrons. The lowest BCUT2D eigenvalue weighted by Crippen LogP contribution is -1.96. The zero-order valence-corrected chi connectivity index (χ0v) is 12.1. The lowest BCUT2D eigenvalue weighted by molar-refractivity contribution is 0.388. The van der Waals surface area contributed by atoms with Gasteiger partial charge in [-0.3, -0.25) is 20.7 Å². The molecule has 0 aliphatic heterocycles. The Morgan fingerprint density at radius 2 is 2.00 bits per heavy atom. The summed E-state index contributed by atoms with van der Waals surface area (Å²) >= 11 is 0. The van der Waals surface area contributed by atoms with Gasteiger partial charge in [-0.05, 0) is 23.8 Å². The molecule has 0 saturated heterocycles. The lowest BCUT2D eigenvalue weighted by Gasteiger charge is -2.06. The van der Waals surface area contributed by atoms with Gasteiger partial charge in [-0.25, -0.2) is 4.98 Å². The van der Waals surface area contributed by atoms with Crippen molar-refractivity contribution < 1.29 is 5.21 Å². The van der Waals surface area contributed by atoms with E-state index in [1.54, 1.807) is 18.5 Å². The highest BCUT2D eigenvalue weighted by Crippen LogP contribution is 2.24. The SMILES string of the molecule is N=C/C(=C\N)c1cnc2ccc(-c3cncc(NO)c3)cc2n1. The molecule has 23 heavy (non-hydrogen) atoms. The van der Waals surface area contributed by atoms with Gasteiger partial charge in [0.05, 0.1) is 34.8 Å². The Labute approximate surface area is 132 Å². The number of benzene rings is 1. The number of nitrogens with one attached hydrogen (secondary N) is 2. The molecule has 1 aromatic carbocycles. The molecular weight excluding hydrogens is 292 g/mol. The maximum absolute atomic E-state index is 8.98. The highest BCUT2D eigenvalue weighted by molar-refractivity contribution is 6.07. The van der Waals surface area contributed by atoms with Crippen molar-refractivity contribution in [2.45, 2.75) is 0 Å². The van der Waals surface area contributed by atoms with Gasteiger partial charge in [0, 0.05) is 29.7 Å². The van der Waals surface area contributed by atoms with Crippen LogP contribution in [0.3, 0.4) is 0 Å². The van der Waals surface area contributed by atoms with Crippen molar-refractivity contribution in [3.8, 4) is 11.1 Å². The van der Waals surface area contributed by atoms with Crippen molar-refractivity contribution in [3.63, 3.8) is 0 Å². The Morgan fingerprint density at radius 1 is 1.13 bits per heavy atom. The summed E-state index contributed by atoms with van der Waals surface area (Å²) in [6.07, 6.45) is 7.27. The summed E-state index contributed by atoms with van der Waals surface area (Å²) in [6, 6.07) is 7.41. The lowest BCUT2D eigenvalue weighted by atomic mass is 10.1. The number of hydrogen-bond donors (Lipinski definition) is 4. The van der Waals surface area contributed by atoms with E-state index in [1.807, 2.05) is 18.2 Å². The topological polar surface area (TPSA) is 121 Å². The van der Waals surface area contributed by atoms with Crippen LogP contribution in [0.5, 0.6) is 0 Å². The van der Waals surface area contributed by atoms with Crippen molar-refractivity contribution >= 4 is 28.5 Å². The molecule has 7 heteroatoms. The van der Waals surface area contributed by atoms with E-state index >= 15 is 0 Å². The van der Waals surface area contributed by atoms with Crippen molar-refractivity contribution in [2.24, 2.45) is 5.73 Å². The average Bonchev–Trinajstić information content (AvgIpc) is 2.62. The number of nitrogens with two attached hydrogens (primary N) is 1. The van der Waals surface area contributed by atoms with Crippen LogP contribution in [-0.2, 0) is 0 Å². The van der Waals surface area contributed by atoms with Gasteiger partial charge in [0.1, 0.15) is 0 Å². The fourth-order valence-corrected chi connectivity index (χ4v) is 2.20. The van der Waals surface area contributed by atoms with Crippen LogP contribution in [0.15, 0.2) is 49.1 Å². The smallest absolute Gasteiger partial charge is 0.0922 e. The molecule has 0 unspecified atom stereocenters. The molecule has 114 valence electrons. The van der Waals surface area contributed by atoms with Crippen LogP contribution in [0.1, 0.15) is 5.69 Å². The van der Waals surface area contributed by atoms with Gasteiger partial charge in [-0.15, -0.1) is 0 Å². The van der Waals surface area contributed by atoms with E-state index in [2.05, 4.69) is 20.4 Å². The Bertz CT molecular complexity index is 906. The maximum atomic E-state index is 8.98. The first-order valence-corrected chi connectivity index (χ1v) is 6.80. The number of rotatable bonds is 4. The van der Waals surface area contributed by atoms with Crippen LogP contribution in [0.25, 0.3) is 27.7 Å². The summed E-state index contributed by atoms with van der Waals surface area (Å²) in [6.45, 7) is 0. The van der Waals surface area contributed by atoms with E-state index in [1.165, 1.54) is 12.4 Å². The number of hydrogen-bond acceptors (Lipinski definition) is 7. The molecule has 0 amide bonds. The molecule has 2 aromatic heterocycles. The van der Waals surface area contributed by atoms with E-state index in [0.717, 1.165) is 22.9 Å². The van der Waals surface area contributed by atoms with Gasteiger partial charge in [-0.2, -0.15) is 0 Å². The standard InChI is InChI=1S/C16H14N6O/c17-5-12(6-18)16-9-20-14-2-1-10(4-15(14)21-16)11-3-13(22-23)8-19-7-11/h1-9,17,22-23H,18H2/b12-6+,17-5?. The summed E-state index contributed by atoms with van der Waals surface area (Å²) in [5, 5.41) is 16.3. The molecule has 5 N–H and O–H groups in total. The van der Waals surface area contributed by atoms with E-state index in [9.17, 15) is 0 Å². The van der Waals surface area contributed by atoms with Gasteiger partial charge in [0.15, 0.2) is 0 Å². The predicted octanol–water partition coefficient (Wildman–Crippen LogP) is 2.44. The third-order valence-corrected chi connectivity index (χ3v) is 3.37. The quantitative estimate of drug-likeness (QED) is 0.434. The van der Waals surface area contributed by atoms with E-state index in [0.29, 0.717) is 22.5 Å². The van der Waals surface area contributed by atoms with Crippen LogP contribution in [0, 0.1) is 5.41 Å². The number of nitrogens with zero attached hydrogens (tertiary/aromatic N) is 3. The minimum absolute atomic E-state index is 0.498. The fraction of sp³-hybridized carbons (Fsp3) is 0. The highest BCUT2D eigenvalue weighted by atomic mass is 16.5. The molecule has 0 atom stereocenters. The Hall–Kier alpha value is -3.32. The normalized spacial score (nSPS) is 11.4. The molecule has 0 saturated carbocycles. The number of aromatic nitrogens is 3. The summed E-state index contributed by atoms with van der Waals surface area (Å²) < 4.78 is 0. The first-order valence-electron chi connectivity index (χ1n) is 6.80. The average molecular weight is 306 g/mol. The molecule has 0 aliphatic rings. The maximum Gasteiger partial charge on any atom is 0.0922 e. The van der Waals surface area contributed by atoms with Crippen molar-refractivity contribution in [3.05, 3.63) is 54.7 Å². The van der Waals surface area contributed by atoms with Crippen LogP contribution in [0.2, 0.25) is 0 Å². The van der Waals surface area contributed by atoms with Crippen LogP contribution < -0.4 is 11.2 Å². The molecule has 2 heterocycles. The first kappa shape index (κ1) is 14.6. The second-order valence-electron chi connectivity index (χ2n) is 4.80. The predicted molar refractivity (Wildman–Crippen MR) is 89.1 cm³/mol. The summed E-state index contributed by atoms with van der Waals surface area (Å²) in [4.78, 5) is 12.9. The second kappa shape index (κ2) is 6.20. The van der Waals surface area contributed by atoms with E-state index < -0.39 is 0 Å². The minimum Gasteiger partial charge on any atom is -0.404 e. The molecule has 3 aromatic rings. The Morgan fingerprint density at radius 3 is 2.74 bits per heavy atom. The Kier molecular flexibility index (Phi) is 3.94. The second-order valence-corrected chi connectivity index (χ2v) is 4.80. The molecule has 0 fully saturated rings. The Balaban J connectivity index is 2.11. The zero-order valence-electron chi connectivity index (χ0n) is 12.1. The van der Waals surface area contributed by atoms with Gasteiger partial charge in [-0.1, -0.05) is 6.07 Å². The number of allylic oxidation sites excluding steroid dienone is 1. The molecule has 0 aliphatic carbocycles. The van der Waals surface area contributed by atoms with Gasteiger partial charge < -0.3 is 11.1 Å².